The number of hydrogen-bond acceptors (Lipinski definition) is 2. The van der Waals surface area contributed by atoms with E-state index in [4.69, 9.17) is 0 Å². The maximum atomic E-state index is 3.66. The predicted octanol–water partition coefficient (Wildman–Crippen LogP) is 3.66. The van der Waals surface area contributed by atoms with E-state index in [0.29, 0.717) is 6.04 Å². The van der Waals surface area contributed by atoms with Crippen molar-refractivity contribution in [3.63, 3.8) is 0 Å². The first kappa shape index (κ1) is 15.3. The van der Waals surface area contributed by atoms with Crippen LogP contribution in [0.2, 0.25) is 0 Å². The molecule has 4 atom stereocenters. The molecule has 2 fully saturated rings. The zero-order chi connectivity index (χ0) is 13.8. The lowest BCUT2D eigenvalue weighted by atomic mass is 9.77. The molecule has 1 saturated heterocycles. The van der Waals surface area contributed by atoms with E-state index in [9.17, 15) is 0 Å². The van der Waals surface area contributed by atoms with Crippen molar-refractivity contribution in [2.75, 3.05) is 13.1 Å². The molecule has 1 saturated carbocycles. The van der Waals surface area contributed by atoms with Crippen LogP contribution in [0, 0.1) is 11.8 Å². The SMILES string of the molecule is CC(C)NCC1CCCCN1C1CCC(C)C(C)C1. The highest BCUT2D eigenvalue weighted by molar-refractivity contribution is 4.88. The first-order valence-electron chi connectivity index (χ1n) is 8.57. The summed E-state index contributed by atoms with van der Waals surface area (Å²) in [5.41, 5.74) is 0. The molecule has 2 aliphatic rings. The molecule has 2 nitrogen and oxygen atoms in total. The molecule has 0 aromatic heterocycles. The van der Waals surface area contributed by atoms with Crippen LogP contribution < -0.4 is 5.32 Å². The van der Waals surface area contributed by atoms with Gasteiger partial charge in [-0.2, -0.15) is 0 Å². The van der Waals surface area contributed by atoms with Crippen LogP contribution in [0.1, 0.15) is 66.2 Å². The minimum Gasteiger partial charge on any atom is -0.313 e. The van der Waals surface area contributed by atoms with E-state index in [-0.39, 0.29) is 0 Å². The number of rotatable bonds is 4. The summed E-state index contributed by atoms with van der Waals surface area (Å²) in [6.07, 6.45) is 8.55. The second-order valence-corrected chi connectivity index (χ2v) is 7.37. The molecule has 1 heterocycles. The summed E-state index contributed by atoms with van der Waals surface area (Å²) in [5.74, 6) is 1.85. The van der Waals surface area contributed by atoms with Crippen molar-refractivity contribution >= 4 is 0 Å². The normalized spacial score (nSPS) is 37.7. The van der Waals surface area contributed by atoms with Gasteiger partial charge in [-0.15, -0.1) is 0 Å². The lowest BCUT2D eigenvalue weighted by molar-refractivity contribution is 0.0466. The third-order valence-corrected chi connectivity index (χ3v) is 5.47. The topological polar surface area (TPSA) is 15.3 Å². The highest BCUT2D eigenvalue weighted by atomic mass is 15.2. The van der Waals surface area contributed by atoms with Crippen LogP contribution in [0.15, 0.2) is 0 Å². The third kappa shape index (κ3) is 4.19. The van der Waals surface area contributed by atoms with Crippen molar-refractivity contribution in [1.29, 1.82) is 0 Å². The number of nitrogens with one attached hydrogen (secondary N) is 1. The van der Waals surface area contributed by atoms with Gasteiger partial charge < -0.3 is 5.32 Å². The Bertz CT molecular complexity index is 264. The molecular formula is C17H34N2. The van der Waals surface area contributed by atoms with Crippen molar-refractivity contribution < 1.29 is 0 Å². The molecule has 0 radical (unpaired) electrons. The Morgan fingerprint density at radius 1 is 1.05 bits per heavy atom. The van der Waals surface area contributed by atoms with Gasteiger partial charge in [0.15, 0.2) is 0 Å². The molecule has 1 aliphatic heterocycles. The first-order valence-corrected chi connectivity index (χ1v) is 8.57. The van der Waals surface area contributed by atoms with Gasteiger partial charge in [-0.3, -0.25) is 4.90 Å². The van der Waals surface area contributed by atoms with Crippen LogP contribution in [-0.4, -0.2) is 36.1 Å². The third-order valence-electron chi connectivity index (χ3n) is 5.47. The molecule has 0 amide bonds. The van der Waals surface area contributed by atoms with Crippen LogP contribution in [-0.2, 0) is 0 Å². The predicted molar refractivity (Wildman–Crippen MR) is 83.5 cm³/mol. The van der Waals surface area contributed by atoms with Crippen molar-refractivity contribution in [3.05, 3.63) is 0 Å². The lowest BCUT2D eigenvalue weighted by Gasteiger charge is -2.45. The van der Waals surface area contributed by atoms with Gasteiger partial charge in [0.25, 0.3) is 0 Å². The van der Waals surface area contributed by atoms with Crippen LogP contribution in [0.4, 0.5) is 0 Å². The minimum absolute atomic E-state index is 0.620. The van der Waals surface area contributed by atoms with Crippen LogP contribution in [0.25, 0.3) is 0 Å². The molecule has 2 rings (SSSR count). The van der Waals surface area contributed by atoms with Crippen LogP contribution >= 0.6 is 0 Å². The second kappa shape index (κ2) is 7.08. The fourth-order valence-electron chi connectivity index (χ4n) is 3.91. The smallest absolute Gasteiger partial charge is 0.0223 e. The Hall–Kier alpha value is -0.0800. The van der Waals surface area contributed by atoms with Gasteiger partial charge >= 0.3 is 0 Å². The highest BCUT2D eigenvalue weighted by Crippen LogP contribution is 2.34. The van der Waals surface area contributed by atoms with E-state index in [1.165, 1.54) is 51.6 Å². The summed E-state index contributed by atoms with van der Waals surface area (Å²) in [7, 11) is 0. The van der Waals surface area contributed by atoms with E-state index in [0.717, 1.165) is 23.9 Å². The quantitative estimate of drug-likeness (QED) is 0.835. The van der Waals surface area contributed by atoms with Gasteiger partial charge in [-0.1, -0.05) is 34.1 Å². The summed E-state index contributed by atoms with van der Waals surface area (Å²) in [6.45, 7) is 12.0. The number of hydrogen-bond donors (Lipinski definition) is 1. The van der Waals surface area contributed by atoms with Crippen molar-refractivity contribution in [3.8, 4) is 0 Å². The molecule has 0 spiro atoms. The molecular weight excluding hydrogens is 232 g/mol. The van der Waals surface area contributed by atoms with Crippen molar-refractivity contribution in [1.82, 2.24) is 10.2 Å². The van der Waals surface area contributed by atoms with E-state index in [1.54, 1.807) is 0 Å². The lowest BCUT2D eigenvalue weighted by Crippen LogP contribution is -2.52. The van der Waals surface area contributed by atoms with Crippen LogP contribution in [0.3, 0.4) is 0 Å². The first-order chi connectivity index (χ1) is 9.08. The van der Waals surface area contributed by atoms with Gasteiger partial charge in [-0.25, -0.2) is 0 Å². The second-order valence-electron chi connectivity index (χ2n) is 7.37. The molecule has 0 aromatic carbocycles. The Morgan fingerprint density at radius 2 is 1.84 bits per heavy atom. The summed E-state index contributed by atoms with van der Waals surface area (Å²) in [5, 5.41) is 3.66. The minimum atomic E-state index is 0.620. The average Bonchev–Trinajstić information content (AvgIpc) is 2.40. The molecule has 0 bridgehead atoms. The molecule has 112 valence electrons. The Morgan fingerprint density at radius 3 is 2.53 bits per heavy atom. The summed E-state index contributed by atoms with van der Waals surface area (Å²) >= 11 is 0. The van der Waals surface area contributed by atoms with Crippen molar-refractivity contribution in [2.45, 2.75) is 84.3 Å². The molecule has 19 heavy (non-hydrogen) atoms. The molecule has 4 unspecified atom stereocenters. The monoisotopic (exact) mass is 266 g/mol. The van der Waals surface area contributed by atoms with E-state index >= 15 is 0 Å². The summed E-state index contributed by atoms with van der Waals surface area (Å²) in [6, 6.07) is 2.28. The summed E-state index contributed by atoms with van der Waals surface area (Å²) in [4.78, 5) is 2.86. The van der Waals surface area contributed by atoms with Crippen molar-refractivity contribution in [2.24, 2.45) is 11.8 Å². The Kier molecular flexibility index (Phi) is 5.70. The van der Waals surface area contributed by atoms with Gasteiger partial charge in [0, 0.05) is 24.7 Å². The van der Waals surface area contributed by atoms with E-state index < -0.39 is 0 Å². The number of piperidine rings is 1. The van der Waals surface area contributed by atoms with Gasteiger partial charge in [-0.05, 0) is 50.5 Å². The highest BCUT2D eigenvalue weighted by Gasteiger charge is 2.33. The van der Waals surface area contributed by atoms with Gasteiger partial charge in [0.1, 0.15) is 0 Å². The summed E-state index contributed by atoms with van der Waals surface area (Å²) < 4.78 is 0. The molecule has 2 heteroatoms. The van der Waals surface area contributed by atoms with Gasteiger partial charge in [0.2, 0.25) is 0 Å². The zero-order valence-electron chi connectivity index (χ0n) is 13.5. The van der Waals surface area contributed by atoms with Crippen LogP contribution in [0.5, 0.6) is 0 Å². The fourth-order valence-corrected chi connectivity index (χ4v) is 3.91. The maximum absolute atomic E-state index is 3.66. The standard InChI is InChI=1S/C17H34N2/c1-13(2)18-12-17-7-5-6-10-19(17)16-9-8-14(3)15(4)11-16/h13-18H,5-12H2,1-4H3. The molecule has 1 N–H and O–H groups in total. The van der Waals surface area contributed by atoms with E-state index in [2.05, 4.69) is 37.9 Å². The number of nitrogens with zero attached hydrogens (tertiary/aromatic N) is 1. The maximum Gasteiger partial charge on any atom is 0.0223 e. The Balaban J connectivity index is 1.91. The zero-order valence-corrected chi connectivity index (χ0v) is 13.5. The van der Waals surface area contributed by atoms with E-state index in [1.807, 2.05) is 0 Å². The Labute approximate surface area is 120 Å². The largest absolute Gasteiger partial charge is 0.313 e. The number of likely N-dealkylation sites (tertiary alicyclic amines) is 1. The van der Waals surface area contributed by atoms with Gasteiger partial charge in [0.05, 0.1) is 0 Å². The molecule has 1 aliphatic carbocycles. The molecule has 0 aromatic rings. The fraction of sp³-hybridized carbons (Fsp3) is 1.00. The average molecular weight is 266 g/mol.